The summed E-state index contributed by atoms with van der Waals surface area (Å²) in [6.45, 7) is 12.4. The van der Waals surface area contributed by atoms with Gasteiger partial charge in [0.15, 0.2) is 0 Å². The molecule has 7 nitrogen and oxygen atoms in total. The number of hydrogen-bond acceptors (Lipinski definition) is 4. The Morgan fingerprint density at radius 2 is 1.89 bits per heavy atom. The average Bonchev–Trinajstić information content (AvgIpc) is 2.90. The molecule has 7 heteroatoms. The smallest absolute Gasteiger partial charge is 0.408 e. The predicted molar refractivity (Wildman–Crippen MR) is 110 cm³/mol. The molecule has 0 saturated carbocycles. The third-order valence-corrected chi connectivity index (χ3v) is 4.32. The molecule has 2 N–H and O–H groups in total. The number of hydrogen-bond donors (Lipinski definition) is 2. The topological polar surface area (TPSA) is 85.3 Å². The zero-order valence-electron chi connectivity index (χ0n) is 17.7. The normalized spacial score (nSPS) is 12.8. The van der Waals surface area contributed by atoms with E-state index in [4.69, 9.17) is 4.74 Å². The second kappa shape index (κ2) is 9.08. The Bertz CT molecular complexity index is 821. The van der Waals surface area contributed by atoms with Crippen molar-refractivity contribution in [3.05, 3.63) is 30.1 Å². The summed E-state index contributed by atoms with van der Waals surface area (Å²) >= 11 is 0. The van der Waals surface area contributed by atoms with Crippen LogP contribution < -0.4 is 10.6 Å². The fraction of sp³-hybridized carbons (Fsp3) is 0.571. The van der Waals surface area contributed by atoms with E-state index in [9.17, 15) is 9.59 Å². The first-order valence-electron chi connectivity index (χ1n) is 9.77. The molecule has 0 aliphatic heterocycles. The van der Waals surface area contributed by atoms with Gasteiger partial charge in [-0.25, -0.2) is 9.78 Å². The van der Waals surface area contributed by atoms with Gasteiger partial charge in [0.1, 0.15) is 17.5 Å². The highest BCUT2D eigenvalue weighted by atomic mass is 16.6. The van der Waals surface area contributed by atoms with E-state index in [1.807, 2.05) is 45.0 Å². The lowest BCUT2D eigenvalue weighted by atomic mass is 10.0. The Morgan fingerprint density at radius 3 is 2.54 bits per heavy atom. The van der Waals surface area contributed by atoms with E-state index >= 15 is 0 Å². The van der Waals surface area contributed by atoms with E-state index < -0.39 is 17.7 Å². The van der Waals surface area contributed by atoms with Crippen LogP contribution in [-0.4, -0.2) is 39.7 Å². The van der Waals surface area contributed by atoms with Crippen molar-refractivity contribution < 1.29 is 14.3 Å². The number of aromatic nitrogens is 2. The first-order chi connectivity index (χ1) is 13.1. The van der Waals surface area contributed by atoms with Gasteiger partial charge in [0.2, 0.25) is 5.91 Å². The van der Waals surface area contributed by atoms with Gasteiger partial charge in [-0.1, -0.05) is 26.0 Å². The van der Waals surface area contributed by atoms with Crippen molar-refractivity contribution in [2.24, 2.45) is 5.92 Å². The van der Waals surface area contributed by atoms with Crippen LogP contribution in [0.5, 0.6) is 0 Å². The molecule has 0 aliphatic rings. The molecule has 2 rings (SSSR count). The Kier molecular flexibility index (Phi) is 7.05. The first-order valence-corrected chi connectivity index (χ1v) is 9.77. The van der Waals surface area contributed by atoms with E-state index in [0.717, 1.165) is 29.8 Å². The van der Waals surface area contributed by atoms with Crippen molar-refractivity contribution in [3.8, 4) is 0 Å². The molecule has 0 radical (unpaired) electrons. The summed E-state index contributed by atoms with van der Waals surface area (Å²) in [5.74, 6) is 0.708. The second-order valence-electron chi connectivity index (χ2n) is 8.31. The molecule has 1 atom stereocenters. The van der Waals surface area contributed by atoms with E-state index in [1.165, 1.54) is 0 Å². The minimum atomic E-state index is -0.634. The molecule has 1 heterocycles. The van der Waals surface area contributed by atoms with Crippen LogP contribution in [0.15, 0.2) is 24.3 Å². The van der Waals surface area contributed by atoms with Crippen LogP contribution in [0.4, 0.5) is 4.79 Å². The Labute approximate surface area is 166 Å². The number of imidazole rings is 1. The highest BCUT2D eigenvalue weighted by Crippen LogP contribution is 2.15. The lowest BCUT2D eigenvalue weighted by molar-refractivity contribution is -0.124. The standard InChI is InChI=1S/C21H32N4O3/c1-14(2)18(24-20(27)28-21(4,5)6)19(26)22-12-9-13-25-15(3)23-16-10-7-8-11-17(16)25/h7-8,10-11,14,18H,9,12-13H2,1-6H3,(H,22,26)(H,24,27). The molecule has 0 bridgehead atoms. The third-order valence-electron chi connectivity index (χ3n) is 4.32. The highest BCUT2D eigenvalue weighted by Gasteiger charge is 2.26. The van der Waals surface area contributed by atoms with Gasteiger partial charge in [-0.2, -0.15) is 0 Å². The molecule has 0 fully saturated rings. The van der Waals surface area contributed by atoms with E-state index in [-0.39, 0.29) is 11.8 Å². The van der Waals surface area contributed by atoms with Crippen LogP contribution in [0.1, 0.15) is 46.9 Å². The lowest BCUT2D eigenvalue weighted by Gasteiger charge is -2.25. The number of aryl methyl sites for hydroxylation is 2. The summed E-state index contributed by atoms with van der Waals surface area (Å²) < 4.78 is 7.41. The van der Waals surface area contributed by atoms with Gasteiger partial charge in [-0.15, -0.1) is 0 Å². The maximum Gasteiger partial charge on any atom is 0.408 e. The molecule has 0 spiro atoms. The number of ether oxygens (including phenoxy) is 1. The Hall–Kier alpha value is -2.57. The zero-order valence-corrected chi connectivity index (χ0v) is 17.7. The van der Waals surface area contributed by atoms with Crippen molar-refractivity contribution in [1.82, 2.24) is 20.2 Å². The van der Waals surface area contributed by atoms with Crippen LogP contribution in [-0.2, 0) is 16.1 Å². The van der Waals surface area contributed by atoms with Gasteiger partial charge in [0, 0.05) is 13.1 Å². The molecule has 1 unspecified atom stereocenters. The lowest BCUT2D eigenvalue weighted by Crippen LogP contribution is -2.51. The second-order valence-corrected chi connectivity index (χ2v) is 8.31. The molecule has 28 heavy (non-hydrogen) atoms. The molecule has 2 amide bonds. The number of nitrogens with zero attached hydrogens (tertiary/aromatic N) is 2. The Morgan fingerprint density at radius 1 is 1.21 bits per heavy atom. The van der Waals surface area contributed by atoms with Gasteiger partial charge < -0.3 is 19.9 Å². The SMILES string of the molecule is Cc1nc2ccccc2n1CCCNC(=O)C(NC(=O)OC(C)(C)C)C(C)C. The summed E-state index contributed by atoms with van der Waals surface area (Å²) in [6, 6.07) is 7.38. The van der Waals surface area contributed by atoms with E-state index in [2.05, 4.69) is 20.2 Å². The van der Waals surface area contributed by atoms with Crippen LogP contribution in [0.2, 0.25) is 0 Å². The average molecular weight is 389 g/mol. The zero-order chi connectivity index (χ0) is 20.9. The minimum absolute atomic E-state index is 0.0487. The third kappa shape index (κ3) is 5.97. The van der Waals surface area contributed by atoms with Crippen LogP contribution in [0.25, 0.3) is 11.0 Å². The predicted octanol–water partition coefficient (Wildman–Crippen LogP) is 3.40. The first kappa shape index (κ1) is 21.7. The van der Waals surface area contributed by atoms with Gasteiger partial charge in [0.25, 0.3) is 0 Å². The summed E-state index contributed by atoms with van der Waals surface area (Å²) in [6.07, 6.45) is 0.186. The van der Waals surface area contributed by atoms with Crippen LogP contribution >= 0.6 is 0 Å². The number of carbonyl (C=O) groups is 2. The van der Waals surface area contributed by atoms with E-state index in [1.54, 1.807) is 20.8 Å². The maximum absolute atomic E-state index is 12.5. The van der Waals surface area contributed by atoms with Gasteiger partial charge in [-0.05, 0) is 52.2 Å². The summed E-state index contributed by atoms with van der Waals surface area (Å²) in [5, 5.41) is 5.59. The van der Waals surface area contributed by atoms with E-state index in [0.29, 0.717) is 6.54 Å². The van der Waals surface area contributed by atoms with Crippen molar-refractivity contribution in [1.29, 1.82) is 0 Å². The largest absolute Gasteiger partial charge is 0.444 e. The number of amides is 2. The fourth-order valence-corrected chi connectivity index (χ4v) is 3.01. The number of rotatable bonds is 7. The van der Waals surface area contributed by atoms with Crippen molar-refractivity contribution in [3.63, 3.8) is 0 Å². The fourth-order valence-electron chi connectivity index (χ4n) is 3.01. The molecule has 0 aliphatic carbocycles. The molecule has 0 saturated heterocycles. The van der Waals surface area contributed by atoms with Gasteiger partial charge in [-0.3, -0.25) is 4.79 Å². The number of benzene rings is 1. The minimum Gasteiger partial charge on any atom is -0.444 e. The molecular formula is C21H32N4O3. The molecule has 1 aromatic heterocycles. The number of nitrogens with one attached hydrogen (secondary N) is 2. The Balaban J connectivity index is 1.87. The molecule has 154 valence electrons. The van der Waals surface area contributed by atoms with Gasteiger partial charge in [0.05, 0.1) is 11.0 Å². The number of carbonyl (C=O) groups excluding carboxylic acids is 2. The molecular weight excluding hydrogens is 356 g/mol. The van der Waals surface area contributed by atoms with Crippen LogP contribution in [0, 0.1) is 12.8 Å². The van der Waals surface area contributed by atoms with Crippen LogP contribution in [0.3, 0.4) is 0 Å². The van der Waals surface area contributed by atoms with Gasteiger partial charge >= 0.3 is 6.09 Å². The van der Waals surface area contributed by atoms with Crippen molar-refractivity contribution in [2.75, 3.05) is 6.54 Å². The quantitative estimate of drug-likeness (QED) is 0.712. The van der Waals surface area contributed by atoms with Crippen molar-refractivity contribution >= 4 is 23.0 Å². The monoisotopic (exact) mass is 388 g/mol. The highest BCUT2D eigenvalue weighted by molar-refractivity contribution is 5.85. The maximum atomic E-state index is 12.5. The number of para-hydroxylation sites is 2. The number of fused-ring (bicyclic) bond motifs is 1. The summed E-state index contributed by atoms with van der Waals surface area (Å²) in [4.78, 5) is 29.1. The molecule has 2 aromatic rings. The summed E-state index contributed by atoms with van der Waals surface area (Å²) in [7, 11) is 0. The number of alkyl carbamates (subject to hydrolysis) is 1. The summed E-state index contributed by atoms with van der Waals surface area (Å²) in [5.41, 5.74) is 1.47. The van der Waals surface area contributed by atoms with Crippen molar-refractivity contribution in [2.45, 2.75) is 66.2 Å². The molecule has 1 aromatic carbocycles.